The van der Waals surface area contributed by atoms with Gasteiger partial charge in [0.1, 0.15) is 0 Å². The number of imide groups is 1. The molecule has 0 aliphatic carbocycles. The van der Waals surface area contributed by atoms with Gasteiger partial charge in [-0.2, -0.15) is 0 Å². The highest BCUT2D eigenvalue weighted by molar-refractivity contribution is 6.22. The molecule has 8 nitrogen and oxygen atoms in total. The van der Waals surface area contributed by atoms with Crippen molar-refractivity contribution >= 4 is 23.3 Å². The zero-order valence-electron chi connectivity index (χ0n) is 14.8. The monoisotopic (exact) mass is 380 g/mol. The van der Waals surface area contributed by atoms with Gasteiger partial charge in [0.15, 0.2) is 5.78 Å². The molecule has 2 aliphatic rings. The Morgan fingerprint density at radius 3 is 2.57 bits per heavy atom. The molecule has 0 N–H and O–H groups in total. The summed E-state index contributed by atoms with van der Waals surface area (Å²) in [7, 11) is 0. The first-order chi connectivity index (χ1) is 13.5. The highest BCUT2D eigenvalue weighted by Crippen LogP contribution is 2.27. The lowest BCUT2D eigenvalue weighted by Crippen LogP contribution is -2.36. The predicted octanol–water partition coefficient (Wildman–Crippen LogP) is 2.60. The third-order valence-corrected chi connectivity index (χ3v) is 4.96. The number of non-ortho nitro benzene ring substituents is 1. The number of fused-ring (bicyclic) bond motifs is 1. The summed E-state index contributed by atoms with van der Waals surface area (Å²) in [5.41, 5.74) is 0.556. The molecule has 142 valence electrons. The Bertz CT molecular complexity index is 1010. The highest BCUT2D eigenvalue weighted by atomic mass is 16.6. The number of ketones is 1. The average Bonchev–Trinajstić information content (AvgIpc) is 3.30. The fourth-order valence-corrected chi connectivity index (χ4v) is 3.52. The number of rotatable bonds is 5. The van der Waals surface area contributed by atoms with Crippen LogP contribution < -0.4 is 0 Å². The van der Waals surface area contributed by atoms with E-state index in [1.54, 1.807) is 0 Å². The van der Waals surface area contributed by atoms with E-state index >= 15 is 0 Å². The molecule has 0 radical (unpaired) electrons. The first-order valence-electron chi connectivity index (χ1n) is 8.86. The lowest BCUT2D eigenvalue weighted by molar-refractivity contribution is -0.384. The van der Waals surface area contributed by atoms with Gasteiger partial charge in [0.25, 0.3) is 17.5 Å². The number of nitro benzene ring substituents is 1. The van der Waals surface area contributed by atoms with Gasteiger partial charge in [0.2, 0.25) is 0 Å². The molecule has 0 saturated carbocycles. The van der Waals surface area contributed by atoms with Gasteiger partial charge in [-0.15, -0.1) is 0 Å². The minimum absolute atomic E-state index is 0.141. The molecule has 2 heterocycles. The first kappa shape index (κ1) is 18.0. The van der Waals surface area contributed by atoms with Crippen LogP contribution in [0.1, 0.15) is 49.5 Å². The fraction of sp³-hybridized carbons (Fsp3) is 0.250. The van der Waals surface area contributed by atoms with E-state index in [1.165, 1.54) is 42.5 Å². The van der Waals surface area contributed by atoms with Crippen LogP contribution in [0, 0.1) is 10.1 Å². The van der Waals surface area contributed by atoms with Gasteiger partial charge in [0.05, 0.1) is 28.7 Å². The number of nitro groups is 1. The third kappa shape index (κ3) is 3.07. The molecular weight excluding hydrogens is 364 g/mol. The van der Waals surface area contributed by atoms with E-state index in [-0.39, 0.29) is 40.6 Å². The van der Waals surface area contributed by atoms with Crippen molar-refractivity contribution in [1.29, 1.82) is 0 Å². The summed E-state index contributed by atoms with van der Waals surface area (Å²) < 4.78 is 5.51. The first-order valence-corrected chi connectivity index (χ1v) is 8.86. The predicted molar refractivity (Wildman–Crippen MR) is 97.3 cm³/mol. The normalized spacial score (nSPS) is 18.4. The third-order valence-electron chi connectivity index (χ3n) is 4.96. The number of hydrogen-bond acceptors (Lipinski definition) is 6. The van der Waals surface area contributed by atoms with Crippen molar-refractivity contribution in [2.75, 3.05) is 13.2 Å². The summed E-state index contributed by atoms with van der Waals surface area (Å²) in [5, 5.41) is 10.9. The standard InChI is InChI=1S/C20H16N2O6/c23-18(12-3-1-4-14(9-12)22(26)27)13-6-7-16-17(10-13)20(25)21(19(16)24)11-15-5-2-8-28-15/h1,3-4,6-7,9-10,15H,2,5,8,11H2/t15-/m1/s1. The molecule has 2 aliphatic heterocycles. The maximum atomic E-state index is 12.7. The van der Waals surface area contributed by atoms with E-state index in [9.17, 15) is 24.5 Å². The topological polar surface area (TPSA) is 107 Å². The van der Waals surface area contributed by atoms with Gasteiger partial charge in [-0.05, 0) is 25.0 Å². The van der Waals surface area contributed by atoms with Crippen LogP contribution in [0.25, 0.3) is 0 Å². The van der Waals surface area contributed by atoms with Crippen LogP contribution in [0.2, 0.25) is 0 Å². The Balaban J connectivity index is 1.62. The molecule has 8 heteroatoms. The molecule has 0 spiro atoms. The molecular formula is C20H16N2O6. The number of ether oxygens (including phenoxy) is 1. The quantitative estimate of drug-likeness (QED) is 0.342. The van der Waals surface area contributed by atoms with Gasteiger partial charge in [-0.25, -0.2) is 0 Å². The molecule has 1 fully saturated rings. The van der Waals surface area contributed by atoms with Crippen LogP contribution in [0.15, 0.2) is 42.5 Å². The molecule has 0 bridgehead atoms. The summed E-state index contributed by atoms with van der Waals surface area (Å²) in [6.45, 7) is 0.816. The van der Waals surface area contributed by atoms with Crippen LogP contribution >= 0.6 is 0 Å². The van der Waals surface area contributed by atoms with Crippen LogP contribution in [0.5, 0.6) is 0 Å². The van der Waals surface area contributed by atoms with Crippen LogP contribution in [-0.2, 0) is 4.74 Å². The summed E-state index contributed by atoms with van der Waals surface area (Å²) in [4.78, 5) is 49.5. The second-order valence-corrected chi connectivity index (χ2v) is 6.75. The molecule has 1 saturated heterocycles. The molecule has 28 heavy (non-hydrogen) atoms. The van der Waals surface area contributed by atoms with Gasteiger partial charge >= 0.3 is 0 Å². The number of hydrogen-bond donors (Lipinski definition) is 0. The van der Waals surface area contributed by atoms with Crippen molar-refractivity contribution in [3.63, 3.8) is 0 Å². The maximum absolute atomic E-state index is 12.7. The maximum Gasteiger partial charge on any atom is 0.270 e. The van der Waals surface area contributed by atoms with E-state index in [0.29, 0.717) is 6.61 Å². The summed E-state index contributed by atoms with van der Waals surface area (Å²) in [6.07, 6.45) is 1.53. The minimum Gasteiger partial charge on any atom is -0.376 e. The Labute approximate surface area is 159 Å². The van der Waals surface area contributed by atoms with Gasteiger partial charge in [-0.1, -0.05) is 18.2 Å². The van der Waals surface area contributed by atoms with Gasteiger partial charge < -0.3 is 4.74 Å². The van der Waals surface area contributed by atoms with Gasteiger partial charge in [0, 0.05) is 29.9 Å². The second kappa shape index (κ2) is 6.97. The smallest absolute Gasteiger partial charge is 0.270 e. The molecule has 2 aromatic rings. The molecule has 1 atom stereocenters. The van der Waals surface area contributed by atoms with Crippen molar-refractivity contribution in [2.24, 2.45) is 0 Å². The molecule has 0 aromatic heterocycles. The van der Waals surface area contributed by atoms with Crippen LogP contribution in [0.3, 0.4) is 0 Å². The van der Waals surface area contributed by atoms with E-state index in [4.69, 9.17) is 4.74 Å². The molecule has 0 unspecified atom stereocenters. The van der Waals surface area contributed by atoms with E-state index in [1.807, 2.05) is 0 Å². The highest BCUT2D eigenvalue weighted by Gasteiger charge is 2.38. The zero-order chi connectivity index (χ0) is 19.8. The van der Waals surface area contributed by atoms with E-state index < -0.39 is 22.5 Å². The second-order valence-electron chi connectivity index (χ2n) is 6.75. The number of benzene rings is 2. The lowest BCUT2D eigenvalue weighted by atomic mass is 9.99. The van der Waals surface area contributed by atoms with E-state index in [0.717, 1.165) is 17.7 Å². The summed E-state index contributed by atoms with van der Waals surface area (Å²) >= 11 is 0. The molecule has 4 rings (SSSR count). The Morgan fingerprint density at radius 1 is 1.11 bits per heavy atom. The summed E-state index contributed by atoms with van der Waals surface area (Å²) in [5.74, 6) is -1.31. The molecule has 2 amide bonds. The average molecular weight is 380 g/mol. The summed E-state index contributed by atoms with van der Waals surface area (Å²) in [6, 6.07) is 9.68. The number of amides is 2. The van der Waals surface area contributed by atoms with Crippen molar-refractivity contribution in [2.45, 2.75) is 18.9 Å². The van der Waals surface area contributed by atoms with Gasteiger partial charge in [-0.3, -0.25) is 29.4 Å². The zero-order valence-corrected chi connectivity index (χ0v) is 14.8. The van der Waals surface area contributed by atoms with Crippen LogP contribution in [-0.4, -0.2) is 46.7 Å². The van der Waals surface area contributed by atoms with Crippen molar-refractivity contribution in [3.8, 4) is 0 Å². The number of carbonyl (C=O) groups is 3. The van der Waals surface area contributed by atoms with Crippen LogP contribution in [0.4, 0.5) is 5.69 Å². The fourth-order valence-electron chi connectivity index (χ4n) is 3.52. The Kier molecular flexibility index (Phi) is 4.48. The number of carbonyl (C=O) groups excluding carboxylic acids is 3. The largest absolute Gasteiger partial charge is 0.376 e. The SMILES string of the molecule is O=C(c1cccc([N+](=O)[O-])c1)c1ccc2c(c1)C(=O)N(C[C@H]1CCCO1)C2=O. The minimum atomic E-state index is -0.579. The van der Waals surface area contributed by atoms with Crippen molar-refractivity contribution in [3.05, 3.63) is 74.8 Å². The Morgan fingerprint density at radius 2 is 1.86 bits per heavy atom. The van der Waals surface area contributed by atoms with E-state index in [2.05, 4.69) is 0 Å². The van der Waals surface area contributed by atoms with Crippen molar-refractivity contribution in [1.82, 2.24) is 4.90 Å². The lowest BCUT2D eigenvalue weighted by Gasteiger charge is -2.17. The Hall–Kier alpha value is -3.39. The molecule has 2 aromatic carbocycles. The number of nitrogens with zero attached hydrogens (tertiary/aromatic N) is 2. The van der Waals surface area contributed by atoms with Crippen molar-refractivity contribution < 1.29 is 24.0 Å².